The maximum atomic E-state index is 9.78. The number of hydrogen-bond donors (Lipinski definition) is 2. The second-order valence-electron chi connectivity index (χ2n) is 4.08. The lowest BCUT2D eigenvalue weighted by atomic mass is 10.1. The van der Waals surface area contributed by atoms with E-state index in [0.29, 0.717) is 5.75 Å². The fraction of sp³-hybridized carbons (Fsp3) is 0.143. The molecule has 2 radical (unpaired) electrons. The van der Waals surface area contributed by atoms with E-state index in [0.717, 1.165) is 16.3 Å². The van der Waals surface area contributed by atoms with Crippen molar-refractivity contribution in [1.29, 1.82) is 0 Å². The van der Waals surface area contributed by atoms with Crippen LogP contribution in [0.3, 0.4) is 0 Å². The quantitative estimate of drug-likeness (QED) is 0.828. The Morgan fingerprint density at radius 1 is 0.944 bits per heavy atom. The number of phenols is 2. The minimum atomic E-state index is -0.0401. The summed E-state index contributed by atoms with van der Waals surface area (Å²) in [7, 11) is -0.0401. The summed E-state index contributed by atoms with van der Waals surface area (Å²) in [6.07, 6.45) is 0. The van der Waals surface area contributed by atoms with E-state index in [1.54, 1.807) is 24.3 Å². The van der Waals surface area contributed by atoms with Crippen molar-refractivity contribution in [3.63, 3.8) is 0 Å². The second kappa shape index (κ2) is 5.14. The number of para-hydroxylation sites is 1. The van der Waals surface area contributed by atoms with E-state index in [-0.39, 0.29) is 21.3 Å². The second-order valence-corrected chi connectivity index (χ2v) is 5.02. The van der Waals surface area contributed by atoms with Gasteiger partial charge in [0.2, 0.25) is 0 Å². The molecule has 2 aromatic carbocycles. The molecule has 2 N–H and O–H groups in total. The van der Waals surface area contributed by atoms with E-state index in [9.17, 15) is 10.2 Å². The van der Waals surface area contributed by atoms with E-state index in [1.165, 1.54) is 0 Å². The molecule has 0 aliphatic rings. The Balaban J connectivity index is 2.21. The van der Waals surface area contributed by atoms with Crippen LogP contribution >= 0.6 is 0 Å². The Morgan fingerprint density at radius 2 is 1.67 bits per heavy atom. The van der Waals surface area contributed by atoms with Crippen LogP contribution in [0.15, 0.2) is 36.4 Å². The first-order chi connectivity index (χ1) is 8.59. The average Bonchev–Trinajstić information content (AvgIpc) is 2.36. The van der Waals surface area contributed by atoms with Crippen molar-refractivity contribution in [3.8, 4) is 17.2 Å². The Kier molecular flexibility index (Phi) is 3.57. The van der Waals surface area contributed by atoms with Gasteiger partial charge < -0.3 is 14.6 Å². The zero-order chi connectivity index (χ0) is 13.1. The highest BCUT2D eigenvalue weighted by atomic mass is 28.2. The molecule has 3 nitrogen and oxygen atoms in total. The zero-order valence-corrected chi connectivity index (χ0v) is 11.3. The van der Waals surface area contributed by atoms with E-state index < -0.39 is 0 Å². The fourth-order valence-electron chi connectivity index (χ4n) is 1.57. The summed E-state index contributed by atoms with van der Waals surface area (Å²) in [6, 6.07) is 10.5. The minimum Gasteiger partial charge on any atom is -0.533 e. The largest absolute Gasteiger partial charge is 0.533 e. The minimum absolute atomic E-state index is 0.0401. The maximum Gasteiger partial charge on any atom is 0.355 e. The summed E-state index contributed by atoms with van der Waals surface area (Å²) in [4.78, 5) is 0. The topological polar surface area (TPSA) is 49.7 Å². The molecule has 0 saturated heterocycles. The number of rotatable bonds is 3. The average molecular weight is 258 g/mol. The van der Waals surface area contributed by atoms with Crippen molar-refractivity contribution >= 4 is 14.9 Å². The molecule has 0 unspecified atom stereocenters. The summed E-state index contributed by atoms with van der Waals surface area (Å²) in [5.74, 6) is 0.818. The first kappa shape index (κ1) is 12.5. The summed E-state index contributed by atoms with van der Waals surface area (Å²) in [5.41, 5.74) is 1.97. The van der Waals surface area contributed by atoms with E-state index in [4.69, 9.17) is 4.43 Å². The molecular weight excluding hydrogens is 244 g/mol. The predicted octanol–water partition coefficient (Wildman–Crippen LogP) is 2.04. The van der Waals surface area contributed by atoms with Crippen LogP contribution in [-0.4, -0.2) is 20.0 Å². The molecule has 0 bridgehead atoms. The smallest absolute Gasteiger partial charge is 0.355 e. The standard InChI is InChI=1S/C14H14O3Si/c1-9-7-8-12(16)14(10(9)2)17-18-13-6-4-3-5-11(13)15/h3-8,15-16H,1-2H3. The molecule has 2 rings (SSSR count). The van der Waals surface area contributed by atoms with Gasteiger partial charge in [0.15, 0.2) is 5.75 Å². The third-order valence-corrected chi connectivity index (χ3v) is 3.77. The number of benzene rings is 2. The normalized spacial score (nSPS) is 10.3. The van der Waals surface area contributed by atoms with Crippen LogP contribution in [-0.2, 0) is 0 Å². The van der Waals surface area contributed by atoms with Crippen LogP contribution in [0, 0.1) is 13.8 Å². The van der Waals surface area contributed by atoms with Gasteiger partial charge in [-0.2, -0.15) is 0 Å². The first-order valence-corrected chi connectivity index (χ1v) is 6.50. The Labute approximate surface area is 109 Å². The fourth-order valence-corrected chi connectivity index (χ4v) is 2.39. The molecule has 2 aromatic rings. The molecule has 0 fully saturated rings. The molecule has 0 aliphatic carbocycles. The molecular formula is C14H14O3Si. The van der Waals surface area contributed by atoms with Crippen LogP contribution in [0.4, 0.5) is 0 Å². The highest BCUT2D eigenvalue weighted by Gasteiger charge is 2.11. The van der Waals surface area contributed by atoms with Gasteiger partial charge in [0.05, 0.1) is 0 Å². The number of aromatic hydroxyl groups is 2. The van der Waals surface area contributed by atoms with Crippen molar-refractivity contribution in [1.82, 2.24) is 0 Å². The van der Waals surface area contributed by atoms with Gasteiger partial charge in [0.25, 0.3) is 0 Å². The molecule has 0 amide bonds. The maximum absolute atomic E-state index is 9.78. The van der Waals surface area contributed by atoms with Gasteiger partial charge >= 0.3 is 9.76 Å². The molecule has 0 spiro atoms. The molecule has 4 heteroatoms. The van der Waals surface area contributed by atoms with E-state index in [1.807, 2.05) is 26.0 Å². The molecule has 0 saturated carbocycles. The van der Waals surface area contributed by atoms with Crippen LogP contribution < -0.4 is 9.61 Å². The Hall–Kier alpha value is -1.94. The Bertz CT molecular complexity index is 567. The lowest BCUT2D eigenvalue weighted by Gasteiger charge is -2.12. The molecule has 0 heterocycles. The first-order valence-electron chi connectivity index (χ1n) is 5.59. The van der Waals surface area contributed by atoms with Gasteiger partial charge in [0.1, 0.15) is 11.5 Å². The highest BCUT2D eigenvalue weighted by Crippen LogP contribution is 2.31. The molecule has 0 atom stereocenters. The van der Waals surface area contributed by atoms with Gasteiger partial charge in [0, 0.05) is 5.19 Å². The molecule has 0 aliphatic heterocycles. The van der Waals surface area contributed by atoms with Gasteiger partial charge in [-0.1, -0.05) is 24.3 Å². The van der Waals surface area contributed by atoms with Crippen molar-refractivity contribution < 1.29 is 14.6 Å². The third-order valence-electron chi connectivity index (χ3n) is 2.82. The van der Waals surface area contributed by atoms with E-state index >= 15 is 0 Å². The van der Waals surface area contributed by atoms with E-state index in [2.05, 4.69) is 0 Å². The van der Waals surface area contributed by atoms with Crippen LogP contribution in [0.1, 0.15) is 11.1 Å². The summed E-state index contributed by atoms with van der Waals surface area (Å²) < 4.78 is 5.63. The third kappa shape index (κ3) is 2.48. The molecule has 92 valence electrons. The number of phenolic OH excluding ortho intramolecular Hbond substituents is 2. The predicted molar refractivity (Wildman–Crippen MR) is 71.7 cm³/mol. The lowest BCUT2D eigenvalue weighted by molar-refractivity contribution is 0.441. The van der Waals surface area contributed by atoms with Crippen LogP contribution in [0.25, 0.3) is 0 Å². The van der Waals surface area contributed by atoms with Crippen LogP contribution in [0.5, 0.6) is 17.2 Å². The van der Waals surface area contributed by atoms with Crippen molar-refractivity contribution in [3.05, 3.63) is 47.5 Å². The summed E-state index contributed by atoms with van der Waals surface area (Å²) in [5, 5.41) is 20.1. The Morgan fingerprint density at radius 3 is 2.39 bits per heavy atom. The van der Waals surface area contributed by atoms with Gasteiger partial charge in [-0.3, -0.25) is 0 Å². The van der Waals surface area contributed by atoms with Crippen molar-refractivity contribution in [2.45, 2.75) is 13.8 Å². The number of aryl methyl sites for hydroxylation is 1. The number of hydrogen-bond acceptors (Lipinski definition) is 3. The molecule has 18 heavy (non-hydrogen) atoms. The van der Waals surface area contributed by atoms with Gasteiger partial charge in [-0.15, -0.1) is 0 Å². The van der Waals surface area contributed by atoms with Crippen LogP contribution in [0.2, 0.25) is 0 Å². The van der Waals surface area contributed by atoms with Gasteiger partial charge in [-0.25, -0.2) is 0 Å². The lowest BCUT2D eigenvalue weighted by Crippen LogP contribution is -2.20. The SMILES string of the molecule is Cc1ccc(O)c(O[Si]c2ccccc2O)c1C. The summed E-state index contributed by atoms with van der Waals surface area (Å²) >= 11 is 0. The zero-order valence-electron chi connectivity index (χ0n) is 10.3. The highest BCUT2D eigenvalue weighted by molar-refractivity contribution is 6.49. The molecule has 0 aromatic heterocycles. The summed E-state index contributed by atoms with van der Waals surface area (Å²) in [6.45, 7) is 3.87. The van der Waals surface area contributed by atoms with Gasteiger partial charge in [-0.05, 0) is 37.1 Å². The van der Waals surface area contributed by atoms with Crippen molar-refractivity contribution in [2.75, 3.05) is 0 Å². The monoisotopic (exact) mass is 258 g/mol. The van der Waals surface area contributed by atoms with Crippen molar-refractivity contribution in [2.24, 2.45) is 0 Å².